The van der Waals surface area contributed by atoms with Gasteiger partial charge in [0, 0.05) is 27.9 Å². The van der Waals surface area contributed by atoms with E-state index in [4.69, 9.17) is 11.6 Å². The molecule has 27 heavy (non-hydrogen) atoms. The van der Waals surface area contributed by atoms with Crippen molar-refractivity contribution in [2.45, 2.75) is 23.6 Å². The summed E-state index contributed by atoms with van der Waals surface area (Å²) in [7, 11) is 1.50. The smallest absolute Gasteiger partial charge is 0.276 e. The molecule has 0 aliphatic rings. The second kappa shape index (κ2) is 7.98. The normalized spacial score (nSPS) is 10.7. The molecule has 2 aromatic carbocycles. The van der Waals surface area contributed by atoms with Crippen LogP contribution in [0.4, 0.5) is 5.69 Å². The van der Waals surface area contributed by atoms with Gasteiger partial charge >= 0.3 is 0 Å². The van der Waals surface area contributed by atoms with Crippen LogP contribution in [0.25, 0.3) is 0 Å². The number of aromatic nitrogens is 2. The average molecular weight is 400 g/mol. The minimum absolute atomic E-state index is 0.152. The molecule has 0 spiro atoms. The molecule has 1 amide bonds. The first kappa shape index (κ1) is 19.2. The topological polar surface area (TPSA) is 64.0 Å². The van der Waals surface area contributed by atoms with E-state index < -0.39 is 5.91 Å². The molecule has 138 valence electrons. The number of rotatable bonds is 4. The lowest BCUT2D eigenvalue weighted by Gasteiger charge is -2.13. The van der Waals surface area contributed by atoms with Gasteiger partial charge in [0.1, 0.15) is 5.69 Å². The first-order chi connectivity index (χ1) is 12.8. The zero-order chi connectivity index (χ0) is 19.6. The van der Waals surface area contributed by atoms with Crippen LogP contribution in [-0.2, 0) is 7.05 Å². The van der Waals surface area contributed by atoms with Crippen molar-refractivity contribution in [2.24, 2.45) is 7.05 Å². The van der Waals surface area contributed by atoms with Crippen LogP contribution in [0.3, 0.4) is 0 Å². The predicted molar refractivity (Wildman–Crippen MR) is 109 cm³/mol. The number of hydrogen-bond acceptors (Lipinski definition) is 4. The van der Waals surface area contributed by atoms with E-state index in [1.807, 2.05) is 6.07 Å². The van der Waals surface area contributed by atoms with Gasteiger partial charge in [0.25, 0.3) is 11.5 Å². The van der Waals surface area contributed by atoms with Crippen molar-refractivity contribution in [3.05, 3.63) is 80.7 Å². The van der Waals surface area contributed by atoms with E-state index in [1.54, 1.807) is 23.9 Å². The molecule has 0 radical (unpaired) electrons. The molecule has 0 saturated carbocycles. The summed E-state index contributed by atoms with van der Waals surface area (Å²) in [6.45, 7) is 4.10. The molecule has 0 bridgehead atoms. The molecule has 0 aliphatic heterocycles. The van der Waals surface area contributed by atoms with Crippen LogP contribution in [0, 0.1) is 13.8 Å². The Bertz CT molecular complexity index is 1080. The van der Waals surface area contributed by atoms with Crippen LogP contribution in [0.1, 0.15) is 21.6 Å². The summed E-state index contributed by atoms with van der Waals surface area (Å²) in [6.07, 6.45) is 0. The molecule has 0 saturated heterocycles. The fourth-order valence-electron chi connectivity index (χ4n) is 2.53. The number of aryl methyl sites for hydroxylation is 3. The Kier molecular flexibility index (Phi) is 5.68. The van der Waals surface area contributed by atoms with Gasteiger partial charge in [0.15, 0.2) is 0 Å². The molecule has 1 heterocycles. The van der Waals surface area contributed by atoms with Crippen LogP contribution in [0.15, 0.2) is 63.1 Å². The van der Waals surface area contributed by atoms with E-state index in [2.05, 4.69) is 42.5 Å². The lowest BCUT2D eigenvalue weighted by molar-refractivity contribution is 0.102. The maximum absolute atomic E-state index is 12.6. The monoisotopic (exact) mass is 399 g/mol. The number of amides is 1. The van der Waals surface area contributed by atoms with Gasteiger partial charge in [-0.2, -0.15) is 5.10 Å². The lowest BCUT2D eigenvalue weighted by atomic mass is 10.2. The molecular formula is C20H18ClN3O2S. The van der Waals surface area contributed by atoms with Crippen LogP contribution in [-0.4, -0.2) is 15.7 Å². The number of nitrogens with one attached hydrogen (secondary N) is 1. The van der Waals surface area contributed by atoms with Gasteiger partial charge in [-0.3, -0.25) is 9.59 Å². The Morgan fingerprint density at radius 1 is 1.07 bits per heavy atom. The third kappa shape index (κ3) is 4.59. The molecule has 0 atom stereocenters. The Morgan fingerprint density at radius 3 is 2.52 bits per heavy atom. The van der Waals surface area contributed by atoms with Crippen LogP contribution in [0.2, 0.25) is 5.02 Å². The minimum atomic E-state index is -0.407. The van der Waals surface area contributed by atoms with Crippen molar-refractivity contribution in [1.82, 2.24) is 9.78 Å². The number of nitrogens with zero attached hydrogens (tertiary/aromatic N) is 2. The molecule has 5 nitrogen and oxygen atoms in total. The highest BCUT2D eigenvalue weighted by molar-refractivity contribution is 7.99. The third-order valence-electron chi connectivity index (χ3n) is 3.93. The highest BCUT2D eigenvalue weighted by Gasteiger charge is 2.13. The van der Waals surface area contributed by atoms with E-state index in [0.29, 0.717) is 10.7 Å². The SMILES string of the molecule is Cc1ccc(Sc2ccc(Cl)cc2NC(=O)c2ccc(=O)n(C)n2)c(C)c1. The number of carbonyl (C=O) groups excluding carboxylic acids is 1. The highest BCUT2D eigenvalue weighted by Crippen LogP contribution is 2.37. The number of halogens is 1. The average Bonchev–Trinajstić information content (AvgIpc) is 2.61. The number of hydrogen-bond donors (Lipinski definition) is 1. The maximum atomic E-state index is 12.6. The largest absolute Gasteiger partial charge is 0.319 e. The summed E-state index contributed by atoms with van der Waals surface area (Å²) < 4.78 is 1.12. The summed E-state index contributed by atoms with van der Waals surface area (Å²) in [5, 5.41) is 7.34. The van der Waals surface area contributed by atoms with Crippen LogP contribution in [0.5, 0.6) is 0 Å². The van der Waals surface area contributed by atoms with Crippen molar-refractivity contribution in [2.75, 3.05) is 5.32 Å². The maximum Gasteiger partial charge on any atom is 0.276 e. The van der Waals surface area contributed by atoms with E-state index in [0.717, 1.165) is 20.0 Å². The second-order valence-corrected chi connectivity index (χ2v) is 7.67. The molecule has 1 N–H and O–H groups in total. The molecule has 0 aliphatic carbocycles. The predicted octanol–water partition coefficient (Wildman–Crippen LogP) is 4.45. The van der Waals surface area contributed by atoms with Crippen molar-refractivity contribution >= 4 is 35.0 Å². The Morgan fingerprint density at radius 2 is 1.81 bits per heavy atom. The number of anilines is 1. The van der Waals surface area contributed by atoms with E-state index in [-0.39, 0.29) is 11.3 Å². The second-order valence-electron chi connectivity index (χ2n) is 6.15. The Labute approximate surface area is 166 Å². The number of carbonyl (C=O) groups is 1. The molecule has 1 aromatic heterocycles. The van der Waals surface area contributed by atoms with Gasteiger partial charge in [-0.15, -0.1) is 0 Å². The zero-order valence-corrected chi connectivity index (χ0v) is 16.7. The van der Waals surface area contributed by atoms with Gasteiger partial charge in [0.05, 0.1) is 5.69 Å². The van der Waals surface area contributed by atoms with Gasteiger partial charge in [-0.1, -0.05) is 41.1 Å². The first-order valence-electron chi connectivity index (χ1n) is 8.24. The molecular weight excluding hydrogens is 382 g/mol. The van der Waals surface area contributed by atoms with Crippen molar-refractivity contribution in [3.63, 3.8) is 0 Å². The van der Waals surface area contributed by atoms with Crippen molar-refractivity contribution in [3.8, 4) is 0 Å². The van der Waals surface area contributed by atoms with Gasteiger partial charge in [0.2, 0.25) is 0 Å². The third-order valence-corrected chi connectivity index (χ3v) is 5.42. The molecule has 0 fully saturated rings. The van der Waals surface area contributed by atoms with E-state index in [9.17, 15) is 9.59 Å². The summed E-state index contributed by atoms with van der Waals surface area (Å²) in [6, 6.07) is 14.3. The Hall–Kier alpha value is -2.57. The molecule has 3 aromatic rings. The molecule has 7 heteroatoms. The lowest BCUT2D eigenvalue weighted by Crippen LogP contribution is -2.23. The highest BCUT2D eigenvalue weighted by atomic mass is 35.5. The standard InChI is InChI=1S/C20H18ClN3O2S/c1-12-4-7-17(13(2)10-12)27-18-8-5-14(21)11-16(18)22-20(26)15-6-9-19(25)24(3)23-15/h4-11H,1-3H3,(H,22,26). The van der Waals surface area contributed by atoms with E-state index >= 15 is 0 Å². The van der Waals surface area contributed by atoms with Gasteiger partial charge in [-0.25, -0.2) is 4.68 Å². The van der Waals surface area contributed by atoms with Crippen LogP contribution < -0.4 is 10.9 Å². The summed E-state index contributed by atoms with van der Waals surface area (Å²) in [4.78, 5) is 26.0. The Balaban J connectivity index is 1.90. The van der Waals surface area contributed by atoms with Gasteiger partial charge in [-0.05, 0) is 49.7 Å². The fourth-order valence-corrected chi connectivity index (χ4v) is 3.65. The van der Waals surface area contributed by atoms with Crippen molar-refractivity contribution < 1.29 is 4.79 Å². The summed E-state index contributed by atoms with van der Waals surface area (Å²) in [5.74, 6) is -0.407. The first-order valence-corrected chi connectivity index (χ1v) is 9.43. The molecule has 3 rings (SSSR count). The quantitative estimate of drug-likeness (QED) is 0.703. The van der Waals surface area contributed by atoms with E-state index in [1.165, 1.54) is 24.7 Å². The van der Waals surface area contributed by atoms with Crippen molar-refractivity contribution in [1.29, 1.82) is 0 Å². The molecule has 0 unspecified atom stereocenters. The van der Waals surface area contributed by atoms with Crippen LogP contribution >= 0.6 is 23.4 Å². The summed E-state index contributed by atoms with van der Waals surface area (Å²) >= 11 is 7.68. The minimum Gasteiger partial charge on any atom is -0.319 e. The zero-order valence-electron chi connectivity index (χ0n) is 15.1. The van der Waals surface area contributed by atoms with Gasteiger partial charge < -0.3 is 5.32 Å². The number of benzene rings is 2. The summed E-state index contributed by atoms with van der Waals surface area (Å²) in [5.41, 5.74) is 2.82. The fraction of sp³-hybridized carbons (Fsp3) is 0.150.